The Balaban J connectivity index is 2.21. The van der Waals surface area contributed by atoms with Crippen molar-refractivity contribution in [1.29, 1.82) is 0 Å². The maximum absolute atomic E-state index is 12.9. The SMILES string of the molecule is CCCCC/C=C\C/C=C\CCCCCCCC(=O)OC[C@H]1OCC(CCN(C)C)[C@@H]1OC(=O)CCCCCCC/C=C\C/C=C\CCCCC. The van der Waals surface area contributed by atoms with E-state index in [2.05, 4.69) is 67.4 Å². The molecule has 294 valence electrons. The Labute approximate surface area is 314 Å². The first kappa shape index (κ1) is 46.8. The molecular weight excluding hydrogens is 634 g/mol. The molecule has 0 aromatic rings. The van der Waals surface area contributed by atoms with E-state index in [1.807, 2.05) is 14.1 Å². The second-order valence-electron chi connectivity index (χ2n) is 14.8. The number of ether oxygens (including phenoxy) is 3. The van der Waals surface area contributed by atoms with Crippen LogP contribution in [0, 0.1) is 5.92 Å². The molecule has 1 aliphatic heterocycles. The Morgan fingerprint density at radius 2 is 1.06 bits per heavy atom. The highest BCUT2D eigenvalue weighted by molar-refractivity contribution is 5.70. The van der Waals surface area contributed by atoms with E-state index < -0.39 is 0 Å². The van der Waals surface area contributed by atoms with Crippen LogP contribution >= 0.6 is 0 Å². The Morgan fingerprint density at radius 1 is 0.608 bits per heavy atom. The van der Waals surface area contributed by atoms with Crippen LogP contribution in [0.5, 0.6) is 0 Å². The van der Waals surface area contributed by atoms with Gasteiger partial charge in [-0.1, -0.05) is 127 Å². The van der Waals surface area contributed by atoms with E-state index in [0.29, 0.717) is 19.4 Å². The van der Waals surface area contributed by atoms with E-state index >= 15 is 0 Å². The molecule has 0 bridgehead atoms. The van der Waals surface area contributed by atoms with Gasteiger partial charge >= 0.3 is 11.9 Å². The summed E-state index contributed by atoms with van der Waals surface area (Å²) in [6.45, 7) is 6.06. The van der Waals surface area contributed by atoms with Gasteiger partial charge in [0.15, 0.2) is 0 Å². The van der Waals surface area contributed by atoms with Gasteiger partial charge in [0.25, 0.3) is 0 Å². The third-order valence-electron chi connectivity index (χ3n) is 9.64. The number of esters is 2. The summed E-state index contributed by atoms with van der Waals surface area (Å²) in [5.41, 5.74) is 0. The number of hydrogen-bond donors (Lipinski definition) is 0. The maximum Gasteiger partial charge on any atom is 0.306 e. The van der Waals surface area contributed by atoms with E-state index in [9.17, 15) is 9.59 Å². The Kier molecular flexibility index (Phi) is 32.0. The van der Waals surface area contributed by atoms with Gasteiger partial charge in [-0.25, -0.2) is 0 Å². The summed E-state index contributed by atoms with van der Waals surface area (Å²) in [4.78, 5) is 27.5. The molecule has 0 saturated carbocycles. The summed E-state index contributed by atoms with van der Waals surface area (Å²) in [6, 6.07) is 0. The minimum Gasteiger partial charge on any atom is -0.463 e. The van der Waals surface area contributed by atoms with Gasteiger partial charge in [0.2, 0.25) is 0 Å². The fourth-order valence-electron chi connectivity index (χ4n) is 6.35. The van der Waals surface area contributed by atoms with E-state index in [4.69, 9.17) is 14.2 Å². The number of hydrogen-bond acceptors (Lipinski definition) is 6. The summed E-state index contributed by atoms with van der Waals surface area (Å²) < 4.78 is 17.7. The van der Waals surface area contributed by atoms with Gasteiger partial charge in [0, 0.05) is 18.8 Å². The van der Waals surface area contributed by atoms with Crippen molar-refractivity contribution in [2.75, 3.05) is 33.9 Å². The maximum atomic E-state index is 12.9. The standard InChI is InChI=1S/C45H79NO5/c1-5-7-9-11-13-15-17-19-21-23-25-27-29-31-33-35-43(47)50-40-42-45(41(39-49-42)37-38-46(3)4)51-44(48)36-34-32-30-28-26-24-22-20-18-16-14-12-10-8-6-2/h13-16,19-22,41-42,45H,5-12,17-18,23-40H2,1-4H3/b15-13-,16-14-,21-19-,22-20-/t41?,42-,45+/m1/s1. The molecule has 0 radical (unpaired) electrons. The summed E-state index contributed by atoms with van der Waals surface area (Å²) >= 11 is 0. The summed E-state index contributed by atoms with van der Waals surface area (Å²) in [5.74, 6) is -0.227. The van der Waals surface area contributed by atoms with Gasteiger partial charge in [0.05, 0.1) is 6.61 Å². The molecule has 0 aliphatic carbocycles. The lowest BCUT2D eigenvalue weighted by Gasteiger charge is -2.24. The fourth-order valence-corrected chi connectivity index (χ4v) is 6.35. The molecule has 1 saturated heterocycles. The molecule has 1 unspecified atom stereocenters. The molecule has 0 amide bonds. The van der Waals surface area contributed by atoms with Crippen LogP contribution in [0.1, 0.15) is 174 Å². The monoisotopic (exact) mass is 714 g/mol. The number of allylic oxidation sites excluding steroid dienone is 8. The van der Waals surface area contributed by atoms with Crippen LogP contribution in [0.2, 0.25) is 0 Å². The zero-order valence-electron chi connectivity index (χ0n) is 33.6. The van der Waals surface area contributed by atoms with E-state index in [1.54, 1.807) is 0 Å². The van der Waals surface area contributed by atoms with Crippen molar-refractivity contribution >= 4 is 11.9 Å². The van der Waals surface area contributed by atoms with Gasteiger partial charge in [-0.2, -0.15) is 0 Å². The summed E-state index contributed by atoms with van der Waals surface area (Å²) in [5, 5.41) is 0. The van der Waals surface area contributed by atoms with Crippen LogP contribution in [0.4, 0.5) is 0 Å². The summed E-state index contributed by atoms with van der Waals surface area (Å²) in [6.07, 6.45) is 44.7. The molecule has 0 N–H and O–H groups in total. The van der Waals surface area contributed by atoms with Crippen LogP contribution in [0.15, 0.2) is 48.6 Å². The van der Waals surface area contributed by atoms with E-state index in [1.165, 1.54) is 77.0 Å². The van der Waals surface area contributed by atoms with E-state index in [0.717, 1.165) is 77.2 Å². The minimum atomic E-state index is -0.390. The average molecular weight is 714 g/mol. The van der Waals surface area contributed by atoms with Crippen LogP contribution < -0.4 is 0 Å². The minimum absolute atomic E-state index is 0.117. The van der Waals surface area contributed by atoms with Crippen molar-refractivity contribution in [2.45, 2.75) is 187 Å². The molecule has 0 aromatic heterocycles. The molecule has 0 spiro atoms. The third-order valence-corrected chi connectivity index (χ3v) is 9.64. The highest BCUT2D eigenvalue weighted by Gasteiger charge is 2.40. The average Bonchev–Trinajstić information content (AvgIpc) is 3.50. The van der Waals surface area contributed by atoms with Crippen LogP contribution in [0.3, 0.4) is 0 Å². The second-order valence-corrected chi connectivity index (χ2v) is 14.8. The predicted octanol–water partition coefficient (Wildman–Crippen LogP) is 12.0. The zero-order chi connectivity index (χ0) is 37.0. The lowest BCUT2D eigenvalue weighted by Crippen LogP contribution is -2.36. The van der Waals surface area contributed by atoms with Crippen molar-refractivity contribution in [3.63, 3.8) is 0 Å². The fraction of sp³-hybridized carbons (Fsp3) is 0.778. The highest BCUT2D eigenvalue weighted by atomic mass is 16.6. The first-order valence-electron chi connectivity index (χ1n) is 21.2. The molecule has 1 rings (SSSR count). The van der Waals surface area contributed by atoms with Gasteiger partial charge in [-0.15, -0.1) is 0 Å². The van der Waals surface area contributed by atoms with Crippen molar-refractivity contribution < 1.29 is 23.8 Å². The second kappa shape index (κ2) is 34.9. The van der Waals surface area contributed by atoms with Gasteiger partial charge < -0.3 is 19.1 Å². The van der Waals surface area contributed by atoms with Gasteiger partial charge in [0.1, 0.15) is 18.8 Å². The number of unbranched alkanes of at least 4 members (excludes halogenated alkanes) is 16. The smallest absolute Gasteiger partial charge is 0.306 e. The van der Waals surface area contributed by atoms with Crippen molar-refractivity contribution in [3.8, 4) is 0 Å². The van der Waals surface area contributed by atoms with Crippen molar-refractivity contribution in [3.05, 3.63) is 48.6 Å². The van der Waals surface area contributed by atoms with E-state index in [-0.39, 0.29) is 36.7 Å². The van der Waals surface area contributed by atoms with Crippen LogP contribution in [-0.4, -0.2) is 62.9 Å². The number of nitrogens with zero attached hydrogens (tertiary/aromatic N) is 1. The number of rotatable bonds is 34. The molecule has 1 aliphatic rings. The van der Waals surface area contributed by atoms with Crippen LogP contribution in [0.25, 0.3) is 0 Å². The molecule has 6 heteroatoms. The Morgan fingerprint density at radius 3 is 1.55 bits per heavy atom. The quantitative estimate of drug-likeness (QED) is 0.0376. The normalized spacial score (nSPS) is 18.0. The summed E-state index contributed by atoms with van der Waals surface area (Å²) in [7, 11) is 4.10. The molecule has 0 aromatic carbocycles. The van der Waals surface area contributed by atoms with Gasteiger partial charge in [-0.3, -0.25) is 9.59 Å². The first-order chi connectivity index (χ1) is 25.0. The first-order valence-corrected chi connectivity index (χ1v) is 21.2. The van der Waals surface area contributed by atoms with Crippen molar-refractivity contribution in [2.24, 2.45) is 5.92 Å². The van der Waals surface area contributed by atoms with Gasteiger partial charge in [-0.05, 0) is 104 Å². The third kappa shape index (κ3) is 29.0. The topological polar surface area (TPSA) is 65.1 Å². The Bertz CT molecular complexity index is 939. The Hall–Kier alpha value is -2.18. The molecule has 1 fully saturated rings. The molecule has 1 heterocycles. The highest BCUT2D eigenvalue weighted by Crippen LogP contribution is 2.28. The largest absolute Gasteiger partial charge is 0.463 e. The molecule has 6 nitrogen and oxygen atoms in total. The lowest BCUT2D eigenvalue weighted by atomic mass is 9.98. The van der Waals surface area contributed by atoms with Crippen molar-refractivity contribution in [1.82, 2.24) is 4.90 Å². The number of carbonyl (C=O) groups is 2. The molecule has 3 atom stereocenters. The number of carbonyl (C=O) groups excluding carboxylic acids is 2. The lowest BCUT2D eigenvalue weighted by molar-refractivity contribution is -0.158. The zero-order valence-corrected chi connectivity index (χ0v) is 33.6. The molecule has 51 heavy (non-hydrogen) atoms. The predicted molar refractivity (Wildman–Crippen MR) is 216 cm³/mol. The van der Waals surface area contributed by atoms with Crippen LogP contribution in [-0.2, 0) is 23.8 Å². The molecular formula is C45H79NO5.